The van der Waals surface area contributed by atoms with Crippen LogP contribution in [0, 0.1) is 17.2 Å². The fraction of sp³-hybridized carbons (Fsp3) is 0.385. The van der Waals surface area contributed by atoms with Crippen LogP contribution >= 0.6 is 0 Å². The quantitative estimate of drug-likeness (QED) is 0.645. The number of hydrogen-bond acceptors (Lipinski definition) is 3. The van der Waals surface area contributed by atoms with Crippen LogP contribution in [0.25, 0.3) is 11.3 Å². The molecule has 152 valence electrons. The molecule has 0 spiro atoms. The van der Waals surface area contributed by atoms with Crippen LogP contribution in [0.4, 0.5) is 0 Å². The molecule has 1 N–H and O–H groups in total. The number of benzene rings is 2. The van der Waals surface area contributed by atoms with Gasteiger partial charge in [-0.3, -0.25) is 4.68 Å². The maximum Gasteiger partial charge on any atom is 0.108 e. The molecule has 2 aliphatic rings. The van der Waals surface area contributed by atoms with Crippen molar-refractivity contribution in [3.05, 3.63) is 78.0 Å². The van der Waals surface area contributed by atoms with Gasteiger partial charge in [0, 0.05) is 6.54 Å². The Bertz CT molecular complexity index is 1050. The molecule has 4 nitrogen and oxygen atoms in total. The highest BCUT2D eigenvalue weighted by Gasteiger charge is 2.45. The van der Waals surface area contributed by atoms with Gasteiger partial charge in [0.25, 0.3) is 0 Å². The molecule has 0 radical (unpaired) electrons. The monoisotopic (exact) mass is 397 g/mol. The molecule has 4 heteroatoms. The normalized spacial score (nSPS) is 26.3. The van der Waals surface area contributed by atoms with E-state index in [-0.39, 0.29) is 0 Å². The zero-order valence-corrected chi connectivity index (χ0v) is 17.2. The van der Waals surface area contributed by atoms with Gasteiger partial charge in [-0.05, 0) is 61.6 Å². The molecule has 1 aromatic heterocycles. The van der Waals surface area contributed by atoms with Crippen molar-refractivity contribution in [1.82, 2.24) is 9.78 Å². The second kappa shape index (κ2) is 7.41. The summed E-state index contributed by atoms with van der Waals surface area (Å²) in [7, 11) is 0. The Balaban J connectivity index is 1.44. The van der Waals surface area contributed by atoms with Crippen molar-refractivity contribution in [1.29, 1.82) is 5.26 Å². The van der Waals surface area contributed by atoms with E-state index in [4.69, 9.17) is 5.10 Å². The van der Waals surface area contributed by atoms with E-state index in [2.05, 4.69) is 29.0 Å². The zero-order chi connectivity index (χ0) is 20.6. The van der Waals surface area contributed by atoms with Gasteiger partial charge in [-0.2, -0.15) is 10.4 Å². The standard InChI is InChI=1S/C26H27N3O/c27-19-25(22-9-5-2-6-10-22)13-15-26(30,16-14-25)24-17-23(21-7-3-1-4-8-21)29(28-24)18-20-11-12-20/h1-10,17,20,30H,11-16,18H2/t25-,26-. The lowest BCUT2D eigenvalue weighted by molar-refractivity contribution is -0.0180. The molecular formula is C26H27N3O. The molecule has 30 heavy (non-hydrogen) atoms. The van der Waals surface area contributed by atoms with E-state index >= 15 is 0 Å². The molecule has 3 aromatic rings. The van der Waals surface area contributed by atoms with Crippen molar-refractivity contribution in [2.24, 2.45) is 5.92 Å². The average Bonchev–Trinajstić information content (AvgIpc) is 3.52. The molecule has 2 saturated carbocycles. The highest BCUT2D eigenvalue weighted by Crippen LogP contribution is 2.47. The van der Waals surface area contributed by atoms with Gasteiger partial charge < -0.3 is 5.11 Å². The number of hydrogen-bond donors (Lipinski definition) is 1. The second-order valence-corrected chi connectivity index (χ2v) is 9.00. The van der Waals surface area contributed by atoms with Crippen molar-refractivity contribution >= 4 is 0 Å². The Kier molecular flexibility index (Phi) is 4.72. The number of aromatic nitrogens is 2. The summed E-state index contributed by atoms with van der Waals surface area (Å²) in [6, 6.07) is 25.0. The summed E-state index contributed by atoms with van der Waals surface area (Å²) in [5, 5.41) is 26.4. The first-order valence-corrected chi connectivity index (χ1v) is 10.9. The van der Waals surface area contributed by atoms with E-state index in [1.807, 2.05) is 48.5 Å². The Labute approximate surface area is 177 Å². The van der Waals surface area contributed by atoms with E-state index in [1.165, 1.54) is 12.8 Å². The van der Waals surface area contributed by atoms with Crippen LogP contribution in [0.5, 0.6) is 0 Å². The van der Waals surface area contributed by atoms with Crippen LogP contribution < -0.4 is 0 Å². The molecule has 0 atom stereocenters. The lowest BCUT2D eigenvalue weighted by Crippen LogP contribution is -2.39. The molecule has 2 aliphatic carbocycles. The molecular weight excluding hydrogens is 370 g/mol. The van der Waals surface area contributed by atoms with E-state index in [1.54, 1.807) is 0 Å². The minimum Gasteiger partial charge on any atom is -0.383 e. The minimum atomic E-state index is -0.979. The molecule has 2 aromatic carbocycles. The van der Waals surface area contributed by atoms with Gasteiger partial charge in [0.15, 0.2) is 0 Å². The van der Waals surface area contributed by atoms with Crippen LogP contribution in [0.1, 0.15) is 49.8 Å². The van der Waals surface area contributed by atoms with Crippen molar-refractivity contribution < 1.29 is 5.11 Å². The molecule has 0 saturated heterocycles. The largest absolute Gasteiger partial charge is 0.383 e. The maximum atomic E-state index is 11.6. The Morgan fingerprint density at radius 2 is 1.60 bits per heavy atom. The summed E-state index contributed by atoms with van der Waals surface area (Å²) in [5.41, 5.74) is 2.51. The summed E-state index contributed by atoms with van der Waals surface area (Å²) < 4.78 is 2.09. The zero-order valence-electron chi connectivity index (χ0n) is 17.2. The van der Waals surface area contributed by atoms with Crippen LogP contribution in [0.3, 0.4) is 0 Å². The molecule has 0 aliphatic heterocycles. The van der Waals surface area contributed by atoms with E-state index in [0.717, 1.165) is 29.1 Å². The average molecular weight is 398 g/mol. The summed E-state index contributed by atoms with van der Waals surface area (Å²) >= 11 is 0. The van der Waals surface area contributed by atoms with Crippen LogP contribution in [0.2, 0.25) is 0 Å². The Morgan fingerprint density at radius 3 is 2.20 bits per heavy atom. The van der Waals surface area contributed by atoms with Crippen molar-refractivity contribution in [3.63, 3.8) is 0 Å². The molecule has 2 fully saturated rings. The third-order valence-corrected chi connectivity index (χ3v) is 6.93. The number of nitriles is 1. The predicted octanol–water partition coefficient (Wildman–Crippen LogP) is 5.18. The molecule has 0 amide bonds. The first kappa shape index (κ1) is 19.1. The fourth-order valence-corrected chi connectivity index (χ4v) is 4.74. The first-order chi connectivity index (χ1) is 14.6. The van der Waals surface area contributed by atoms with Gasteiger partial charge in [-0.1, -0.05) is 60.7 Å². The van der Waals surface area contributed by atoms with E-state index in [0.29, 0.717) is 31.6 Å². The number of aliphatic hydroxyl groups is 1. The molecule has 5 rings (SSSR count). The van der Waals surface area contributed by atoms with E-state index in [9.17, 15) is 10.4 Å². The lowest BCUT2D eigenvalue weighted by atomic mass is 9.65. The lowest BCUT2D eigenvalue weighted by Gasteiger charge is -2.39. The third-order valence-electron chi connectivity index (χ3n) is 6.93. The smallest absolute Gasteiger partial charge is 0.108 e. The van der Waals surface area contributed by atoms with Crippen LogP contribution in [-0.2, 0) is 17.6 Å². The summed E-state index contributed by atoms with van der Waals surface area (Å²) in [5.74, 6) is 0.700. The maximum absolute atomic E-state index is 11.6. The van der Waals surface area contributed by atoms with Crippen molar-refractivity contribution in [3.8, 4) is 17.3 Å². The summed E-state index contributed by atoms with van der Waals surface area (Å²) in [6.07, 6.45) is 4.89. The van der Waals surface area contributed by atoms with Gasteiger partial charge >= 0.3 is 0 Å². The summed E-state index contributed by atoms with van der Waals surface area (Å²) in [6.45, 7) is 0.909. The van der Waals surface area contributed by atoms with Crippen LogP contribution in [-0.4, -0.2) is 14.9 Å². The Hall–Kier alpha value is -2.90. The van der Waals surface area contributed by atoms with Gasteiger partial charge in [0.2, 0.25) is 0 Å². The predicted molar refractivity (Wildman–Crippen MR) is 116 cm³/mol. The van der Waals surface area contributed by atoms with Gasteiger partial charge in [0.1, 0.15) is 5.60 Å². The highest BCUT2D eigenvalue weighted by atomic mass is 16.3. The number of rotatable bonds is 5. The Morgan fingerprint density at radius 1 is 0.967 bits per heavy atom. The molecule has 1 heterocycles. The second-order valence-electron chi connectivity index (χ2n) is 9.00. The topological polar surface area (TPSA) is 61.8 Å². The fourth-order valence-electron chi connectivity index (χ4n) is 4.74. The van der Waals surface area contributed by atoms with E-state index < -0.39 is 11.0 Å². The minimum absolute atomic E-state index is 0.521. The number of nitrogens with zero attached hydrogens (tertiary/aromatic N) is 3. The first-order valence-electron chi connectivity index (χ1n) is 10.9. The van der Waals surface area contributed by atoms with Crippen molar-refractivity contribution in [2.75, 3.05) is 0 Å². The van der Waals surface area contributed by atoms with Gasteiger partial charge in [-0.25, -0.2) is 0 Å². The molecule has 0 unspecified atom stereocenters. The van der Waals surface area contributed by atoms with Gasteiger partial charge in [0.05, 0.1) is 22.9 Å². The van der Waals surface area contributed by atoms with Crippen LogP contribution in [0.15, 0.2) is 66.7 Å². The van der Waals surface area contributed by atoms with Crippen molar-refractivity contribution in [2.45, 2.75) is 56.1 Å². The molecule has 0 bridgehead atoms. The third kappa shape index (κ3) is 3.44. The SMILES string of the molecule is N#C[C@]1(c2ccccc2)CC[C@@](O)(c2cc(-c3ccccc3)n(CC3CC3)n2)CC1. The summed E-state index contributed by atoms with van der Waals surface area (Å²) in [4.78, 5) is 0. The van der Waals surface area contributed by atoms with Gasteiger partial charge in [-0.15, -0.1) is 0 Å². The highest BCUT2D eigenvalue weighted by molar-refractivity contribution is 5.60.